The Balaban J connectivity index is 2.37. The lowest BCUT2D eigenvalue weighted by molar-refractivity contribution is 0.415. The van der Waals surface area contributed by atoms with E-state index in [1.807, 2.05) is 24.3 Å². The minimum absolute atomic E-state index is 0.142. The molecule has 0 atom stereocenters. The normalized spacial score (nSPS) is 10.0. The van der Waals surface area contributed by atoms with Crippen molar-refractivity contribution in [3.05, 3.63) is 35.7 Å². The summed E-state index contributed by atoms with van der Waals surface area (Å²) in [6.45, 7) is 0. The molecule has 1 heterocycles. The monoisotopic (exact) mass is 221 g/mol. The molecule has 0 aliphatic heterocycles. The molecule has 15 heavy (non-hydrogen) atoms. The lowest BCUT2D eigenvalue weighted by Gasteiger charge is -2.02. The van der Waals surface area contributed by atoms with Crippen molar-refractivity contribution in [1.29, 1.82) is 0 Å². The molecule has 0 unspecified atom stereocenters. The maximum atomic E-state index is 5.64. The van der Waals surface area contributed by atoms with Gasteiger partial charge in [-0.3, -0.25) is 0 Å². The van der Waals surface area contributed by atoms with Crippen LogP contribution in [0.4, 0.5) is 0 Å². The first kappa shape index (κ1) is 9.86. The molecule has 0 amide bonds. The Morgan fingerprint density at radius 1 is 1.20 bits per heavy atom. The van der Waals surface area contributed by atoms with Gasteiger partial charge in [-0.2, -0.15) is 5.10 Å². The van der Waals surface area contributed by atoms with Gasteiger partial charge in [-0.05, 0) is 35.9 Å². The van der Waals surface area contributed by atoms with Crippen molar-refractivity contribution in [2.24, 2.45) is 0 Å². The summed E-state index contributed by atoms with van der Waals surface area (Å²) >= 11 is 5.64. The third-order valence-corrected chi connectivity index (χ3v) is 2.08. The number of rotatable bonds is 2. The van der Waals surface area contributed by atoms with Gasteiger partial charge in [0.1, 0.15) is 5.75 Å². The predicted molar refractivity (Wildman–Crippen MR) is 56.8 cm³/mol. The first-order valence-electron chi connectivity index (χ1n) is 4.29. The van der Waals surface area contributed by atoms with Crippen LogP contribution in [-0.2, 0) is 0 Å². The summed E-state index contributed by atoms with van der Waals surface area (Å²) in [6, 6.07) is 7.48. The van der Waals surface area contributed by atoms with Crippen LogP contribution in [-0.4, -0.2) is 22.3 Å². The van der Waals surface area contributed by atoms with E-state index in [1.54, 1.807) is 13.3 Å². The van der Waals surface area contributed by atoms with Crippen LogP contribution in [0.1, 0.15) is 0 Å². The molecule has 5 heteroatoms. The van der Waals surface area contributed by atoms with Crippen LogP contribution in [0.2, 0.25) is 5.28 Å². The zero-order valence-corrected chi connectivity index (χ0v) is 8.77. The number of benzene rings is 1. The van der Waals surface area contributed by atoms with Crippen molar-refractivity contribution < 1.29 is 4.74 Å². The van der Waals surface area contributed by atoms with Crippen LogP contribution in [0, 0.1) is 0 Å². The number of hydrogen-bond acceptors (Lipinski definition) is 4. The third-order valence-electron chi connectivity index (χ3n) is 1.92. The summed E-state index contributed by atoms with van der Waals surface area (Å²) in [5.41, 5.74) is 1.62. The van der Waals surface area contributed by atoms with E-state index in [0.717, 1.165) is 11.3 Å². The zero-order valence-electron chi connectivity index (χ0n) is 8.01. The van der Waals surface area contributed by atoms with E-state index in [-0.39, 0.29) is 5.28 Å². The summed E-state index contributed by atoms with van der Waals surface area (Å²) < 4.78 is 5.05. The highest BCUT2D eigenvalue weighted by Gasteiger charge is 2.01. The summed E-state index contributed by atoms with van der Waals surface area (Å²) in [5.74, 6) is 0.798. The Morgan fingerprint density at radius 3 is 2.53 bits per heavy atom. The van der Waals surface area contributed by atoms with E-state index in [2.05, 4.69) is 15.2 Å². The van der Waals surface area contributed by atoms with E-state index < -0.39 is 0 Å². The fourth-order valence-corrected chi connectivity index (χ4v) is 1.32. The van der Waals surface area contributed by atoms with Gasteiger partial charge < -0.3 is 4.74 Å². The number of methoxy groups -OCH3 is 1. The van der Waals surface area contributed by atoms with Gasteiger partial charge in [0.15, 0.2) is 0 Å². The van der Waals surface area contributed by atoms with Crippen LogP contribution in [0.25, 0.3) is 11.3 Å². The standard InChI is InChI=1S/C10H8ClN3O/c1-15-8-4-2-7(3-5-8)9-6-12-14-10(11)13-9/h2-6H,1H3. The summed E-state index contributed by atoms with van der Waals surface area (Å²) in [6.07, 6.45) is 1.56. The fraction of sp³-hybridized carbons (Fsp3) is 0.100. The number of halogens is 1. The first-order valence-corrected chi connectivity index (χ1v) is 4.67. The quantitative estimate of drug-likeness (QED) is 0.780. The molecule has 0 saturated heterocycles. The minimum Gasteiger partial charge on any atom is -0.497 e. The fourth-order valence-electron chi connectivity index (χ4n) is 1.18. The molecule has 0 bridgehead atoms. The largest absolute Gasteiger partial charge is 0.497 e. The summed E-state index contributed by atoms with van der Waals surface area (Å²) in [4.78, 5) is 4.05. The molecule has 0 saturated carbocycles. The Hall–Kier alpha value is -1.68. The second-order valence-electron chi connectivity index (χ2n) is 2.84. The maximum Gasteiger partial charge on any atom is 0.243 e. The van der Waals surface area contributed by atoms with Crippen LogP contribution < -0.4 is 4.74 Å². The molecular weight excluding hydrogens is 214 g/mol. The van der Waals surface area contributed by atoms with E-state index in [1.165, 1.54) is 0 Å². The highest BCUT2D eigenvalue weighted by atomic mass is 35.5. The molecule has 76 valence electrons. The smallest absolute Gasteiger partial charge is 0.243 e. The molecule has 0 fully saturated rings. The zero-order chi connectivity index (χ0) is 10.7. The number of ether oxygens (including phenoxy) is 1. The SMILES string of the molecule is COc1ccc(-c2cnnc(Cl)n2)cc1. The predicted octanol–water partition coefficient (Wildman–Crippen LogP) is 2.20. The molecule has 0 aliphatic rings. The molecule has 1 aromatic carbocycles. The molecule has 4 nitrogen and oxygen atoms in total. The van der Waals surface area contributed by atoms with Gasteiger partial charge in [0.05, 0.1) is 19.0 Å². The van der Waals surface area contributed by atoms with Crippen LogP contribution in [0.3, 0.4) is 0 Å². The average Bonchev–Trinajstić information content (AvgIpc) is 2.29. The van der Waals surface area contributed by atoms with Gasteiger partial charge in [-0.25, -0.2) is 4.98 Å². The van der Waals surface area contributed by atoms with Crippen molar-refractivity contribution in [1.82, 2.24) is 15.2 Å². The number of aromatic nitrogens is 3. The van der Waals surface area contributed by atoms with Gasteiger partial charge in [0, 0.05) is 5.56 Å². The molecule has 2 aromatic rings. The van der Waals surface area contributed by atoms with Gasteiger partial charge in [0.2, 0.25) is 5.28 Å². The molecular formula is C10H8ClN3O. The molecule has 2 rings (SSSR count). The van der Waals surface area contributed by atoms with Crippen LogP contribution in [0.5, 0.6) is 5.75 Å². The van der Waals surface area contributed by atoms with Crippen molar-refractivity contribution in [3.8, 4) is 17.0 Å². The second kappa shape index (κ2) is 4.23. The van der Waals surface area contributed by atoms with E-state index >= 15 is 0 Å². The summed E-state index contributed by atoms with van der Waals surface area (Å²) in [7, 11) is 1.62. The Morgan fingerprint density at radius 2 is 1.93 bits per heavy atom. The Bertz CT molecular complexity index is 458. The molecule has 1 aromatic heterocycles. The van der Waals surface area contributed by atoms with Crippen LogP contribution >= 0.6 is 11.6 Å². The average molecular weight is 222 g/mol. The lowest BCUT2D eigenvalue weighted by atomic mass is 10.1. The molecule has 0 N–H and O–H groups in total. The second-order valence-corrected chi connectivity index (χ2v) is 3.18. The third kappa shape index (κ3) is 2.22. The van der Waals surface area contributed by atoms with Gasteiger partial charge in [0.25, 0.3) is 0 Å². The highest BCUT2D eigenvalue weighted by molar-refractivity contribution is 6.28. The van der Waals surface area contributed by atoms with Gasteiger partial charge in [-0.15, -0.1) is 5.10 Å². The first-order chi connectivity index (χ1) is 7.29. The van der Waals surface area contributed by atoms with Gasteiger partial charge in [-0.1, -0.05) is 0 Å². The maximum absolute atomic E-state index is 5.64. The highest BCUT2D eigenvalue weighted by Crippen LogP contribution is 2.20. The van der Waals surface area contributed by atoms with Gasteiger partial charge >= 0.3 is 0 Å². The van der Waals surface area contributed by atoms with Crippen molar-refractivity contribution >= 4 is 11.6 Å². The molecule has 0 spiro atoms. The van der Waals surface area contributed by atoms with E-state index in [0.29, 0.717) is 5.69 Å². The minimum atomic E-state index is 0.142. The number of hydrogen-bond donors (Lipinski definition) is 0. The number of nitrogens with zero attached hydrogens (tertiary/aromatic N) is 3. The Labute approximate surface area is 91.9 Å². The van der Waals surface area contributed by atoms with Crippen molar-refractivity contribution in [2.75, 3.05) is 7.11 Å². The van der Waals surface area contributed by atoms with Crippen molar-refractivity contribution in [2.45, 2.75) is 0 Å². The molecule has 0 aliphatic carbocycles. The van der Waals surface area contributed by atoms with E-state index in [9.17, 15) is 0 Å². The lowest BCUT2D eigenvalue weighted by Crippen LogP contribution is -1.90. The van der Waals surface area contributed by atoms with Crippen molar-refractivity contribution in [3.63, 3.8) is 0 Å². The Kier molecular flexibility index (Phi) is 2.78. The topological polar surface area (TPSA) is 47.9 Å². The molecule has 0 radical (unpaired) electrons. The summed E-state index contributed by atoms with van der Waals surface area (Å²) in [5, 5.41) is 7.45. The van der Waals surface area contributed by atoms with E-state index in [4.69, 9.17) is 16.3 Å². The van der Waals surface area contributed by atoms with Crippen LogP contribution in [0.15, 0.2) is 30.5 Å².